The maximum Gasteiger partial charge on any atom is 0.339 e. The number of esters is 1. The Morgan fingerprint density at radius 3 is 2.60 bits per heavy atom. The highest BCUT2D eigenvalue weighted by Crippen LogP contribution is 2.28. The van der Waals surface area contributed by atoms with Crippen molar-refractivity contribution in [3.63, 3.8) is 0 Å². The van der Waals surface area contributed by atoms with Crippen LogP contribution in [0, 0.1) is 6.92 Å². The molecule has 5 nitrogen and oxygen atoms in total. The Morgan fingerprint density at radius 2 is 1.96 bits per heavy atom. The first-order valence-electron chi connectivity index (χ1n) is 8.30. The molecule has 0 N–H and O–H groups in total. The lowest BCUT2D eigenvalue weighted by Gasteiger charge is -2.20. The maximum atomic E-state index is 12.6. The van der Waals surface area contributed by atoms with Crippen LogP contribution in [0.3, 0.4) is 0 Å². The zero-order chi connectivity index (χ0) is 18.2. The topological polar surface area (TPSA) is 65.2 Å². The third kappa shape index (κ3) is 3.71. The van der Waals surface area contributed by atoms with Gasteiger partial charge in [-0.05, 0) is 51.5 Å². The number of fused-ring (bicyclic) bond motifs is 1. The number of pyridine rings is 1. The molecule has 5 heteroatoms. The van der Waals surface area contributed by atoms with Gasteiger partial charge < -0.3 is 9.26 Å². The maximum absolute atomic E-state index is 12.6. The van der Waals surface area contributed by atoms with Gasteiger partial charge >= 0.3 is 5.97 Å². The van der Waals surface area contributed by atoms with Crippen molar-refractivity contribution < 1.29 is 14.1 Å². The molecule has 25 heavy (non-hydrogen) atoms. The minimum atomic E-state index is -0.546. The van der Waals surface area contributed by atoms with E-state index < -0.39 is 5.60 Å². The third-order valence-electron chi connectivity index (χ3n) is 3.97. The van der Waals surface area contributed by atoms with Crippen LogP contribution in [0.1, 0.15) is 61.0 Å². The van der Waals surface area contributed by atoms with E-state index in [9.17, 15) is 4.79 Å². The van der Waals surface area contributed by atoms with Crippen molar-refractivity contribution in [1.82, 2.24) is 10.1 Å². The number of carbonyl (C=O) groups excluding carboxylic acids is 1. The Kier molecular flexibility index (Phi) is 4.33. The third-order valence-corrected chi connectivity index (χ3v) is 3.97. The SMILES string of the molecule is Cc1cc([C@H](C)c2ccc3nccc(C(=O)OC(C)(C)C)c3c2)no1. The molecule has 1 atom stereocenters. The Hall–Kier alpha value is -2.69. The van der Waals surface area contributed by atoms with E-state index in [1.807, 2.05) is 52.0 Å². The lowest BCUT2D eigenvalue weighted by molar-refractivity contribution is 0.00717. The number of nitrogens with zero attached hydrogens (tertiary/aromatic N) is 2. The molecule has 1 aromatic carbocycles. The Bertz CT molecular complexity index is 922. The van der Waals surface area contributed by atoms with Crippen LogP contribution in [0.15, 0.2) is 41.1 Å². The quantitative estimate of drug-likeness (QED) is 0.651. The number of hydrogen-bond acceptors (Lipinski definition) is 5. The summed E-state index contributed by atoms with van der Waals surface area (Å²) < 4.78 is 10.7. The average molecular weight is 338 g/mol. The summed E-state index contributed by atoms with van der Waals surface area (Å²) in [5.41, 5.74) is 2.63. The molecule has 0 fully saturated rings. The predicted octanol–water partition coefficient (Wildman–Crippen LogP) is 4.64. The van der Waals surface area contributed by atoms with Gasteiger partial charge in [-0.2, -0.15) is 0 Å². The van der Waals surface area contributed by atoms with Gasteiger partial charge in [0.05, 0.1) is 16.8 Å². The second-order valence-electron chi connectivity index (χ2n) is 7.22. The predicted molar refractivity (Wildman–Crippen MR) is 95.7 cm³/mol. The molecule has 0 bridgehead atoms. The molecule has 0 aliphatic carbocycles. The molecule has 0 amide bonds. The first kappa shape index (κ1) is 17.1. The van der Waals surface area contributed by atoms with Crippen LogP contribution in [0.5, 0.6) is 0 Å². The number of aromatic nitrogens is 2. The smallest absolute Gasteiger partial charge is 0.339 e. The normalized spacial score (nSPS) is 13.0. The second kappa shape index (κ2) is 6.31. The van der Waals surface area contributed by atoms with Crippen molar-refractivity contribution in [3.05, 3.63) is 59.1 Å². The highest BCUT2D eigenvalue weighted by Gasteiger charge is 2.21. The molecule has 0 saturated carbocycles. The number of benzene rings is 1. The summed E-state index contributed by atoms with van der Waals surface area (Å²) in [7, 11) is 0. The molecule has 3 aromatic rings. The summed E-state index contributed by atoms with van der Waals surface area (Å²) in [6.07, 6.45) is 1.63. The second-order valence-corrected chi connectivity index (χ2v) is 7.22. The molecular formula is C20H22N2O3. The van der Waals surface area contributed by atoms with Gasteiger partial charge in [-0.1, -0.05) is 18.1 Å². The molecule has 3 rings (SSSR count). The number of aryl methyl sites for hydroxylation is 1. The van der Waals surface area contributed by atoms with E-state index in [0.29, 0.717) is 5.56 Å². The summed E-state index contributed by atoms with van der Waals surface area (Å²) in [5, 5.41) is 4.87. The fourth-order valence-electron chi connectivity index (χ4n) is 2.70. The van der Waals surface area contributed by atoms with Gasteiger partial charge in [0.1, 0.15) is 11.4 Å². The summed E-state index contributed by atoms with van der Waals surface area (Å²) in [4.78, 5) is 16.9. The van der Waals surface area contributed by atoms with E-state index in [4.69, 9.17) is 9.26 Å². The van der Waals surface area contributed by atoms with Gasteiger partial charge in [-0.3, -0.25) is 4.98 Å². The van der Waals surface area contributed by atoms with E-state index in [2.05, 4.69) is 17.1 Å². The van der Waals surface area contributed by atoms with Crippen LogP contribution in [0.25, 0.3) is 10.9 Å². The van der Waals surface area contributed by atoms with Crippen molar-refractivity contribution in [2.75, 3.05) is 0 Å². The minimum Gasteiger partial charge on any atom is -0.456 e. The van der Waals surface area contributed by atoms with E-state index in [1.165, 1.54) is 0 Å². The van der Waals surface area contributed by atoms with Crippen LogP contribution in [-0.4, -0.2) is 21.7 Å². The lowest BCUT2D eigenvalue weighted by Crippen LogP contribution is -2.24. The molecule has 130 valence electrons. The molecule has 0 saturated heterocycles. The Labute approximate surface area is 147 Å². The Balaban J connectivity index is 2.04. The number of ether oxygens (including phenoxy) is 1. The fourth-order valence-corrected chi connectivity index (χ4v) is 2.70. The zero-order valence-corrected chi connectivity index (χ0v) is 15.2. The van der Waals surface area contributed by atoms with Crippen LogP contribution in [0.2, 0.25) is 0 Å². The minimum absolute atomic E-state index is 0.0496. The molecular weight excluding hydrogens is 316 g/mol. The van der Waals surface area contributed by atoms with Crippen molar-refractivity contribution >= 4 is 16.9 Å². The number of rotatable bonds is 3. The van der Waals surface area contributed by atoms with Crippen LogP contribution in [-0.2, 0) is 4.74 Å². The first-order chi connectivity index (χ1) is 11.7. The van der Waals surface area contributed by atoms with Gasteiger partial charge in [0.15, 0.2) is 0 Å². The summed E-state index contributed by atoms with van der Waals surface area (Å²) >= 11 is 0. The van der Waals surface area contributed by atoms with Crippen molar-refractivity contribution in [2.24, 2.45) is 0 Å². The van der Waals surface area contributed by atoms with E-state index in [1.54, 1.807) is 12.3 Å². The lowest BCUT2D eigenvalue weighted by atomic mass is 9.95. The van der Waals surface area contributed by atoms with Crippen molar-refractivity contribution in [2.45, 2.75) is 46.1 Å². The van der Waals surface area contributed by atoms with E-state index in [0.717, 1.165) is 27.9 Å². The first-order valence-corrected chi connectivity index (χ1v) is 8.30. The summed E-state index contributed by atoms with van der Waals surface area (Å²) in [5.74, 6) is 0.481. The van der Waals surface area contributed by atoms with Gasteiger partial charge in [-0.15, -0.1) is 0 Å². The molecule has 0 radical (unpaired) electrons. The largest absolute Gasteiger partial charge is 0.456 e. The monoisotopic (exact) mass is 338 g/mol. The molecule has 0 aliphatic heterocycles. The zero-order valence-electron chi connectivity index (χ0n) is 15.2. The van der Waals surface area contributed by atoms with Gasteiger partial charge in [0, 0.05) is 23.6 Å². The molecule has 0 aliphatic rings. The number of hydrogen-bond donors (Lipinski definition) is 0. The summed E-state index contributed by atoms with van der Waals surface area (Å²) in [6.45, 7) is 9.49. The highest BCUT2D eigenvalue weighted by atomic mass is 16.6. The highest BCUT2D eigenvalue weighted by molar-refractivity contribution is 6.03. The van der Waals surface area contributed by atoms with Crippen molar-refractivity contribution in [3.8, 4) is 0 Å². The van der Waals surface area contributed by atoms with Gasteiger partial charge in [-0.25, -0.2) is 4.79 Å². The fraction of sp³-hybridized carbons (Fsp3) is 0.350. The molecule has 0 unspecified atom stereocenters. The standard InChI is InChI=1S/C20H22N2O3/c1-12-10-18(22-25-12)13(2)14-6-7-17-16(11-14)15(8-9-21-17)19(23)24-20(3,4)5/h6-11,13H,1-5H3/t13-/m1/s1. The molecule has 2 heterocycles. The number of carbonyl (C=O) groups is 1. The average Bonchev–Trinajstić information content (AvgIpc) is 2.98. The summed E-state index contributed by atoms with van der Waals surface area (Å²) in [6, 6.07) is 9.53. The van der Waals surface area contributed by atoms with Crippen LogP contribution < -0.4 is 0 Å². The molecule has 2 aromatic heterocycles. The molecule has 0 spiro atoms. The van der Waals surface area contributed by atoms with Gasteiger partial charge in [0.25, 0.3) is 0 Å². The Morgan fingerprint density at radius 1 is 1.20 bits per heavy atom. The van der Waals surface area contributed by atoms with E-state index >= 15 is 0 Å². The van der Waals surface area contributed by atoms with E-state index in [-0.39, 0.29) is 11.9 Å². The van der Waals surface area contributed by atoms with Crippen molar-refractivity contribution in [1.29, 1.82) is 0 Å². The van der Waals surface area contributed by atoms with Crippen LogP contribution >= 0.6 is 0 Å². The van der Waals surface area contributed by atoms with Gasteiger partial charge in [0.2, 0.25) is 0 Å². The van der Waals surface area contributed by atoms with Crippen LogP contribution in [0.4, 0.5) is 0 Å².